The van der Waals surface area contributed by atoms with Crippen LogP contribution in [0.5, 0.6) is 11.5 Å². The van der Waals surface area contributed by atoms with Crippen molar-refractivity contribution in [2.75, 3.05) is 13.1 Å². The number of ether oxygens (including phenoxy) is 1. The average Bonchev–Trinajstić information content (AvgIpc) is 4.05. The fraction of sp³-hybridized carbons (Fsp3) is 0.238. The van der Waals surface area contributed by atoms with Gasteiger partial charge in [0.15, 0.2) is 12.2 Å². The monoisotopic (exact) mass is 776 g/mol. The van der Waals surface area contributed by atoms with Crippen LogP contribution in [0.15, 0.2) is 122 Å². The molecule has 4 atom stereocenters. The number of nitrogens with zero attached hydrogens (tertiary/aromatic N) is 4. The van der Waals surface area contributed by atoms with Crippen molar-refractivity contribution in [3.8, 4) is 34.0 Å². The number of amides is 2. The molecule has 0 aliphatic carbocycles. The van der Waals surface area contributed by atoms with Crippen LogP contribution in [0.2, 0.25) is 0 Å². The molecule has 6 aromatic rings. The molecule has 8 rings (SSSR count). The number of aromatic nitrogens is 4. The summed E-state index contributed by atoms with van der Waals surface area (Å²) >= 11 is 0. The van der Waals surface area contributed by atoms with Gasteiger partial charge >= 0.3 is 0 Å². The van der Waals surface area contributed by atoms with Crippen LogP contribution in [-0.4, -0.2) is 64.9 Å². The molecule has 2 aliphatic rings. The Morgan fingerprint density at radius 2 is 1.11 bits per heavy atom. The lowest BCUT2D eigenvalue weighted by Crippen LogP contribution is -2.35. The fourth-order valence-electron chi connectivity index (χ4n) is 7.37. The molecule has 2 amide bonds. The van der Waals surface area contributed by atoms with Gasteiger partial charge < -0.3 is 34.7 Å². The molecule has 4 heterocycles. The van der Waals surface area contributed by atoms with Crippen LogP contribution in [-0.2, 0) is 9.59 Å². The van der Waals surface area contributed by atoms with Crippen LogP contribution in [0, 0.1) is 0 Å². The van der Waals surface area contributed by atoms with E-state index in [0.29, 0.717) is 47.4 Å². The van der Waals surface area contributed by atoms with Crippen LogP contribution >= 0.6 is 27.0 Å². The van der Waals surface area contributed by atoms with Crippen molar-refractivity contribution in [3.05, 3.63) is 144 Å². The highest BCUT2D eigenvalue weighted by Gasteiger charge is 2.36. The summed E-state index contributed by atoms with van der Waals surface area (Å²) < 4.78 is 6.23. The normalized spacial score (nSPS) is 17.6. The number of aliphatic hydroxyl groups excluding tert-OH is 2. The minimum absolute atomic E-state index is 0. The molecule has 2 fully saturated rings. The molecular weight excluding hydrogens is 733 g/mol. The van der Waals surface area contributed by atoms with Crippen molar-refractivity contribution >= 4 is 38.8 Å². The first-order valence-corrected chi connectivity index (χ1v) is 18.0. The molecule has 2 unspecified atom stereocenters. The Hall–Kier alpha value is -5.34. The molecule has 55 heavy (non-hydrogen) atoms. The summed E-state index contributed by atoms with van der Waals surface area (Å²) in [6, 6.07) is 32.9. The highest BCUT2D eigenvalue weighted by molar-refractivity contribution is 7.59. The molecule has 2 saturated heterocycles. The minimum atomic E-state index is -1.22. The molecule has 0 bridgehead atoms. The van der Waals surface area contributed by atoms with Crippen molar-refractivity contribution in [2.24, 2.45) is 0 Å². The molecule has 2 aromatic heterocycles. The quantitative estimate of drug-likeness (QED) is 0.114. The molecule has 13 heteroatoms. The average molecular weight is 777 g/mol. The second kappa shape index (κ2) is 17.4. The SMILES string of the molecule is O=C(C(O)c1ccccc1)N1CCC[C@H]1c1ncc(-c2ccc(Oc3cccc(-c4cnc([C@@H]5CCCN5C(=O)C(O)c5ccccc5)[nH]4)c3)cc2)[nH]1.S.S. The van der Waals surface area contributed by atoms with Gasteiger partial charge in [-0.2, -0.15) is 27.0 Å². The fourth-order valence-corrected chi connectivity index (χ4v) is 7.37. The maximum absolute atomic E-state index is 13.3. The number of benzene rings is 4. The lowest BCUT2D eigenvalue weighted by Gasteiger charge is -2.25. The van der Waals surface area contributed by atoms with Gasteiger partial charge in [0.05, 0.1) is 35.9 Å². The number of hydrogen-bond acceptors (Lipinski definition) is 7. The van der Waals surface area contributed by atoms with Gasteiger partial charge in [0.1, 0.15) is 23.1 Å². The van der Waals surface area contributed by atoms with Gasteiger partial charge in [-0.1, -0.05) is 72.8 Å². The van der Waals surface area contributed by atoms with E-state index in [9.17, 15) is 19.8 Å². The summed E-state index contributed by atoms with van der Waals surface area (Å²) in [6.07, 6.45) is 4.31. The Balaban J connectivity index is 0.00000257. The number of carbonyl (C=O) groups is 2. The number of aromatic amines is 2. The maximum atomic E-state index is 13.3. The number of carbonyl (C=O) groups excluding carboxylic acids is 2. The molecular formula is C42H44N6O5S2. The van der Waals surface area contributed by atoms with E-state index in [4.69, 9.17) is 4.74 Å². The standard InChI is InChI=1S/C42H40N6O5.2H2S/c49-37(28-10-3-1-4-11-28)41(51)47-22-8-16-35(47)39-43-25-33(45-39)27-18-20-31(21-19-27)53-32-15-7-14-30(24-32)34-26-44-40(46-34)36-17-9-23-48(36)42(52)38(50)29-12-5-2-6-13-29;;/h1-7,10-15,18-21,24-26,35-38,49-50H,8-9,16-17,22-23H2,(H,43,45)(H,44,46);2*1H2/t35-,36-,37?,38?;;/m0../s1. The van der Waals surface area contributed by atoms with E-state index in [-0.39, 0.29) is 50.9 Å². The first-order valence-electron chi connectivity index (χ1n) is 18.0. The van der Waals surface area contributed by atoms with Crippen LogP contribution in [0.1, 0.15) is 72.8 Å². The smallest absolute Gasteiger partial charge is 0.256 e. The molecule has 4 aromatic carbocycles. The van der Waals surface area contributed by atoms with Crippen LogP contribution in [0.3, 0.4) is 0 Å². The van der Waals surface area contributed by atoms with E-state index in [0.717, 1.165) is 48.2 Å². The topological polar surface area (TPSA) is 148 Å². The predicted molar refractivity (Wildman–Crippen MR) is 219 cm³/mol. The zero-order valence-electron chi connectivity index (χ0n) is 30.0. The summed E-state index contributed by atoms with van der Waals surface area (Å²) in [4.78, 5) is 46.0. The van der Waals surface area contributed by atoms with Crippen LogP contribution in [0.25, 0.3) is 22.5 Å². The largest absolute Gasteiger partial charge is 0.457 e. The summed E-state index contributed by atoms with van der Waals surface area (Å²) in [7, 11) is 0. The second-order valence-corrected chi connectivity index (χ2v) is 13.5. The Labute approximate surface area is 333 Å². The Bertz CT molecular complexity index is 2200. The number of rotatable bonds is 10. The molecule has 4 N–H and O–H groups in total. The van der Waals surface area contributed by atoms with E-state index in [1.165, 1.54) is 0 Å². The van der Waals surface area contributed by atoms with Gasteiger partial charge in [0.25, 0.3) is 11.8 Å². The molecule has 284 valence electrons. The van der Waals surface area contributed by atoms with Gasteiger partial charge in [0.2, 0.25) is 0 Å². The van der Waals surface area contributed by atoms with E-state index >= 15 is 0 Å². The van der Waals surface area contributed by atoms with Gasteiger partial charge in [-0.05, 0) is 78.8 Å². The highest BCUT2D eigenvalue weighted by Crippen LogP contribution is 2.36. The Morgan fingerprint density at radius 3 is 1.62 bits per heavy atom. The van der Waals surface area contributed by atoms with E-state index in [1.54, 1.807) is 46.5 Å². The van der Waals surface area contributed by atoms with E-state index in [2.05, 4.69) is 19.9 Å². The van der Waals surface area contributed by atoms with Crippen LogP contribution < -0.4 is 4.74 Å². The third-order valence-corrected chi connectivity index (χ3v) is 10.1. The zero-order valence-corrected chi connectivity index (χ0v) is 32.0. The van der Waals surface area contributed by atoms with Crippen molar-refractivity contribution in [2.45, 2.75) is 50.0 Å². The number of nitrogens with one attached hydrogen (secondary N) is 2. The molecule has 0 saturated carbocycles. The third kappa shape index (κ3) is 8.35. The zero-order chi connectivity index (χ0) is 36.3. The molecule has 0 radical (unpaired) electrons. The Morgan fingerprint density at radius 1 is 0.618 bits per heavy atom. The van der Waals surface area contributed by atoms with Gasteiger partial charge in [-0.15, -0.1) is 0 Å². The number of hydrogen-bond donors (Lipinski definition) is 4. The summed E-state index contributed by atoms with van der Waals surface area (Å²) in [6.45, 7) is 1.13. The summed E-state index contributed by atoms with van der Waals surface area (Å²) in [5, 5.41) is 21.5. The third-order valence-electron chi connectivity index (χ3n) is 10.1. The van der Waals surface area contributed by atoms with Crippen molar-refractivity contribution < 1.29 is 24.5 Å². The van der Waals surface area contributed by atoms with Gasteiger partial charge in [-0.25, -0.2) is 9.97 Å². The maximum Gasteiger partial charge on any atom is 0.256 e. The molecule has 2 aliphatic heterocycles. The van der Waals surface area contributed by atoms with Crippen molar-refractivity contribution in [1.82, 2.24) is 29.7 Å². The number of likely N-dealkylation sites (tertiary alicyclic amines) is 2. The number of imidazole rings is 2. The van der Waals surface area contributed by atoms with Crippen LogP contribution in [0.4, 0.5) is 0 Å². The minimum Gasteiger partial charge on any atom is -0.457 e. The van der Waals surface area contributed by atoms with Gasteiger partial charge in [0, 0.05) is 18.7 Å². The summed E-state index contributed by atoms with van der Waals surface area (Å²) in [5.41, 5.74) is 4.59. The highest BCUT2D eigenvalue weighted by atomic mass is 32.1. The predicted octanol–water partition coefficient (Wildman–Crippen LogP) is 7.28. The first kappa shape index (κ1) is 39.4. The van der Waals surface area contributed by atoms with Crippen molar-refractivity contribution in [3.63, 3.8) is 0 Å². The van der Waals surface area contributed by atoms with Crippen molar-refractivity contribution in [1.29, 1.82) is 0 Å². The first-order chi connectivity index (χ1) is 25.9. The van der Waals surface area contributed by atoms with Gasteiger partial charge in [-0.3, -0.25) is 9.59 Å². The number of aliphatic hydroxyl groups is 2. The second-order valence-electron chi connectivity index (χ2n) is 13.5. The number of H-pyrrole nitrogens is 2. The van der Waals surface area contributed by atoms with E-state index < -0.39 is 12.2 Å². The lowest BCUT2D eigenvalue weighted by molar-refractivity contribution is -0.142. The molecule has 11 nitrogen and oxygen atoms in total. The molecule has 0 spiro atoms. The summed E-state index contributed by atoms with van der Waals surface area (Å²) in [5.74, 6) is 2.06. The Kier molecular flexibility index (Phi) is 12.5. The van der Waals surface area contributed by atoms with E-state index in [1.807, 2.05) is 84.9 Å². The lowest BCUT2D eigenvalue weighted by atomic mass is 10.1.